The molecule has 20 heavy (non-hydrogen) atoms. The van der Waals surface area contributed by atoms with E-state index < -0.39 is 0 Å². The van der Waals surface area contributed by atoms with Crippen molar-refractivity contribution in [3.8, 4) is 0 Å². The number of hydrogen-bond acceptors (Lipinski definition) is 4. The van der Waals surface area contributed by atoms with Crippen LogP contribution >= 0.6 is 11.3 Å². The summed E-state index contributed by atoms with van der Waals surface area (Å²) in [5, 5.41) is 2.86. The molecule has 0 aliphatic rings. The van der Waals surface area contributed by atoms with Crippen molar-refractivity contribution in [3.63, 3.8) is 0 Å². The van der Waals surface area contributed by atoms with Gasteiger partial charge in [-0.2, -0.15) is 0 Å². The SMILES string of the molecule is CC(=O)c1ccc(CCNC(=O)c2cc(C)oc2C)s1. The topological polar surface area (TPSA) is 59.3 Å². The van der Waals surface area contributed by atoms with Gasteiger partial charge in [-0.05, 0) is 45.4 Å². The summed E-state index contributed by atoms with van der Waals surface area (Å²) in [6, 6.07) is 5.50. The molecule has 1 amide bonds. The van der Waals surface area contributed by atoms with E-state index in [9.17, 15) is 9.59 Å². The third-order valence-corrected chi connectivity index (χ3v) is 4.20. The van der Waals surface area contributed by atoms with E-state index in [0.717, 1.165) is 21.9 Å². The Balaban J connectivity index is 1.87. The van der Waals surface area contributed by atoms with Crippen LogP contribution in [0.3, 0.4) is 0 Å². The summed E-state index contributed by atoms with van der Waals surface area (Å²) in [6.07, 6.45) is 0.722. The van der Waals surface area contributed by atoms with Gasteiger partial charge in [-0.25, -0.2) is 0 Å². The second-order valence-electron chi connectivity index (χ2n) is 4.65. The van der Waals surface area contributed by atoms with Gasteiger partial charge in [0.15, 0.2) is 5.78 Å². The van der Waals surface area contributed by atoms with Gasteiger partial charge in [0.25, 0.3) is 5.91 Å². The van der Waals surface area contributed by atoms with Gasteiger partial charge in [0.05, 0.1) is 10.4 Å². The van der Waals surface area contributed by atoms with Crippen molar-refractivity contribution in [2.24, 2.45) is 0 Å². The van der Waals surface area contributed by atoms with E-state index in [2.05, 4.69) is 5.32 Å². The van der Waals surface area contributed by atoms with Crippen molar-refractivity contribution in [3.05, 3.63) is 45.0 Å². The number of nitrogens with one attached hydrogen (secondary N) is 1. The molecule has 0 bridgehead atoms. The normalized spacial score (nSPS) is 10.6. The fraction of sp³-hybridized carbons (Fsp3) is 0.333. The molecule has 0 aliphatic carbocycles. The maximum Gasteiger partial charge on any atom is 0.254 e. The highest BCUT2D eigenvalue weighted by Crippen LogP contribution is 2.17. The number of thiophene rings is 1. The Bertz CT molecular complexity index is 639. The van der Waals surface area contributed by atoms with Gasteiger partial charge in [0.2, 0.25) is 0 Å². The minimum absolute atomic E-state index is 0.0785. The molecule has 0 saturated heterocycles. The molecule has 0 radical (unpaired) electrons. The molecule has 0 fully saturated rings. The number of aryl methyl sites for hydroxylation is 2. The van der Waals surface area contributed by atoms with E-state index in [4.69, 9.17) is 4.42 Å². The van der Waals surface area contributed by atoms with Crippen molar-refractivity contribution in [2.75, 3.05) is 6.54 Å². The van der Waals surface area contributed by atoms with E-state index >= 15 is 0 Å². The molecular weight excluding hydrogens is 274 g/mol. The van der Waals surface area contributed by atoms with Gasteiger partial charge < -0.3 is 9.73 Å². The fourth-order valence-electron chi connectivity index (χ4n) is 1.95. The Morgan fingerprint density at radius 3 is 2.60 bits per heavy atom. The van der Waals surface area contributed by atoms with Crippen LogP contribution in [-0.2, 0) is 6.42 Å². The lowest BCUT2D eigenvalue weighted by Gasteiger charge is -2.02. The third kappa shape index (κ3) is 3.36. The summed E-state index contributed by atoms with van der Waals surface area (Å²) in [7, 11) is 0. The Labute approximate surface area is 121 Å². The molecule has 0 aromatic carbocycles. The first kappa shape index (κ1) is 14.5. The van der Waals surface area contributed by atoms with Crippen LogP contribution in [0.15, 0.2) is 22.6 Å². The quantitative estimate of drug-likeness (QED) is 0.861. The molecule has 2 rings (SSSR count). The van der Waals surface area contributed by atoms with Crippen molar-refractivity contribution in [1.29, 1.82) is 0 Å². The Hall–Kier alpha value is -1.88. The molecule has 5 heteroatoms. The first-order valence-electron chi connectivity index (χ1n) is 6.42. The van der Waals surface area contributed by atoms with E-state index in [1.165, 1.54) is 11.3 Å². The van der Waals surface area contributed by atoms with E-state index in [-0.39, 0.29) is 11.7 Å². The molecular formula is C15H17NO3S. The van der Waals surface area contributed by atoms with Gasteiger partial charge in [-0.1, -0.05) is 0 Å². The van der Waals surface area contributed by atoms with Crippen LogP contribution in [-0.4, -0.2) is 18.2 Å². The zero-order chi connectivity index (χ0) is 14.7. The van der Waals surface area contributed by atoms with E-state index in [1.807, 2.05) is 19.1 Å². The number of rotatable bonds is 5. The van der Waals surface area contributed by atoms with Gasteiger partial charge in [-0.15, -0.1) is 11.3 Å². The highest BCUT2D eigenvalue weighted by molar-refractivity contribution is 7.14. The molecule has 0 unspecified atom stereocenters. The molecule has 0 atom stereocenters. The number of ketones is 1. The fourth-order valence-corrected chi connectivity index (χ4v) is 2.85. The van der Waals surface area contributed by atoms with E-state index in [0.29, 0.717) is 17.9 Å². The Morgan fingerprint density at radius 2 is 2.05 bits per heavy atom. The summed E-state index contributed by atoms with van der Waals surface area (Å²) in [5.74, 6) is 1.32. The molecule has 0 saturated carbocycles. The number of Topliss-reactive ketones (excluding diaryl/α,β-unsaturated/α-hetero) is 1. The van der Waals surface area contributed by atoms with Crippen molar-refractivity contribution < 1.29 is 14.0 Å². The molecule has 2 aromatic rings. The van der Waals surface area contributed by atoms with Crippen molar-refractivity contribution in [2.45, 2.75) is 27.2 Å². The highest BCUT2D eigenvalue weighted by Gasteiger charge is 2.13. The number of furan rings is 1. The summed E-state index contributed by atoms with van der Waals surface area (Å²) in [4.78, 5) is 25.0. The lowest BCUT2D eigenvalue weighted by atomic mass is 10.2. The van der Waals surface area contributed by atoms with Crippen LogP contribution in [0.4, 0.5) is 0 Å². The summed E-state index contributed by atoms with van der Waals surface area (Å²) >= 11 is 1.48. The van der Waals surface area contributed by atoms with E-state index in [1.54, 1.807) is 19.9 Å². The van der Waals surface area contributed by atoms with Crippen LogP contribution < -0.4 is 5.32 Å². The number of carbonyl (C=O) groups is 2. The monoisotopic (exact) mass is 291 g/mol. The maximum atomic E-state index is 12.0. The number of amides is 1. The first-order valence-corrected chi connectivity index (χ1v) is 7.24. The van der Waals surface area contributed by atoms with Crippen LogP contribution in [0.25, 0.3) is 0 Å². The molecule has 0 aliphatic heterocycles. The third-order valence-electron chi connectivity index (χ3n) is 2.95. The minimum Gasteiger partial charge on any atom is -0.466 e. The van der Waals surface area contributed by atoms with Crippen LogP contribution in [0.2, 0.25) is 0 Å². The largest absolute Gasteiger partial charge is 0.466 e. The smallest absolute Gasteiger partial charge is 0.254 e. The molecule has 2 heterocycles. The molecule has 2 aromatic heterocycles. The van der Waals surface area contributed by atoms with Crippen LogP contribution in [0.1, 0.15) is 43.4 Å². The number of carbonyl (C=O) groups excluding carboxylic acids is 2. The predicted molar refractivity (Wildman–Crippen MR) is 78.5 cm³/mol. The summed E-state index contributed by atoms with van der Waals surface area (Å²) < 4.78 is 5.33. The van der Waals surface area contributed by atoms with Gasteiger partial charge >= 0.3 is 0 Å². The van der Waals surface area contributed by atoms with Crippen LogP contribution in [0.5, 0.6) is 0 Å². The standard InChI is InChI=1S/C15H17NO3S/c1-9-8-13(11(3)19-9)15(18)16-7-6-12-4-5-14(20-12)10(2)17/h4-5,8H,6-7H2,1-3H3,(H,16,18). The first-order chi connectivity index (χ1) is 9.47. The Kier molecular flexibility index (Phi) is 4.39. The van der Waals surface area contributed by atoms with Gasteiger partial charge in [0.1, 0.15) is 11.5 Å². The Morgan fingerprint density at radius 1 is 1.30 bits per heavy atom. The lowest BCUT2D eigenvalue weighted by Crippen LogP contribution is -2.25. The van der Waals surface area contributed by atoms with Gasteiger partial charge in [0, 0.05) is 11.4 Å². The maximum absolute atomic E-state index is 12.0. The minimum atomic E-state index is -0.123. The average molecular weight is 291 g/mol. The summed E-state index contributed by atoms with van der Waals surface area (Å²) in [5.41, 5.74) is 0.582. The second-order valence-corrected chi connectivity index (χ2v) is 5.82. The molecule has 1 N–H and O–H groups in total. The molecule has 4 nitrogen and oxygen atoms in total. The second kappa shape index (κ2) is 6.05. The van der Waals surface area contributed by atoms with Crippen LogP contribution in [0, 0.1) is 13.8 Å². The molecule has 0 spiro atoms. The average Bonchev–Trinajstić information content (AvgIpc) is 2.96. The van der Waals surface area contributed by atoms with Gasteiger partial charge in [-0.3, -0.25) is 9.59 Å². The zero-order valence-corrected chi connectivity index (χ0v) is 12.6. The van der Waals surface area contributed by atoms with Crippen molar-refractivity contribution >= 4 is 23.0 Å². The zero-order valence-electron chi connectivity index (χ0n) is 11.8. The lowest BCUT2D eigenvalue weighted by molar-refractivity contribution is 0.0951. The predicted octanol–water partition coefficient (Wildman–Crippen LogP) is 3.13. The molecule has 106 valence electrons. The highest BCUT2D eigenvalue weighted by atomic mass is 32.1. The number of hydrogen-bond donors (Lipinski definition) is 1. The summed E-state index contributed by atoms with van der Waals surface area (Å²) in [6.45, 7) is 5.70. The van der Waals surface area contributed by atoms with Crippen molar-refractivity contribution in [1.82, 2.24) is 5.32 Å².